The maximum absolute atomic E-state index is 4.90. The van der Waals surface area contributed by atoms with Crippen LogP contribution >= 0.6 is 0 Å². The smallest absolute Gasteiger partial charge is 0.682 e. The Kier molecular flexibility index (Phi) is 7.24. The van der Waals surface area contributed by atoms with Gasteiger partial charge in [0.2, 0.25) is 0 Å². The molecule has 6 aliphatic rings. The van der Waals surface area contributed by atoms with E-state index in [0.717, 1.165) is 36.8 Å². The van der Waals surface area contributed by atoms with Crippen molar-refractivity contribution in [3.8, 4) is 0 Å². The number of piperidine rings is 1. The summed E-state index contributed by atoms with van der Waals surface area (Å²) in [6.07, 6.45) is 30.7. The maximum Gasteiger partial charge on any atom is 4.00 e. The number of nitrogens with zero attached hydrogens (tertiary/aromatic N) is 2. The van der Waals surface area contributed by atoms with Crippen molar-refractivity contribution in [2.24, 2.45) is 17.8 Å². The van der Waals surface area contributed by atoms with Gasteiger partial charge in [-0.2, -0.15) is 48.7 Å². The molecular weight excluding hydrogens is 535 g/mol. The van der Waals surface area contributed by atoms with Crippen LogP contribution in [0, 0.1) is 30.6 Å². The average Bonchev–Trinajstić information content (AvgIpc) is 2.79. The van der Waals surface area contributed by atoms with E-state index in [4.69, 9.17) is 5.32 Å². The van der Waals surface area contributed by atoms with Crippen LogP contribution in [0.25, 0.3) is 10.6 Å². The molecule has 0 aromatic carbocycles. The van der Waals surface area contributed by atoms with E-state index in [0.29, 0.717) is 0 Å². The molecule has 0 aromatic rings. The molecule has 2 heterocycles. The summed E-state index contributed by atoms with van der Waals surface area (Å²) in [4.78, 5) is 0. The minimum atomic E-state index is 0. The first-order valence-electron chi connectivity index (χ1n) is 11.4. The minimum absolute atomic E-state index is 0. The Morgan fingerprint density at radius 1 is 1.00 bits per heavy atom. The summed E-state index contributed by atoms with van der Waals surface area (Å²) in [7, 11) is 0. The van der Waals surface area contributed by atoms with Gasteiger partial charge in [-0.25, -0.2) is 0 Å². The van der Waals surface area contributed by atoms with Gasteiger partial charge in [0.15, 0.2) is 0 Å². The molecule has 0 radical (unpaired) electrons. The zero-order valence-electron chi connectivity index (χ0n) is 17.2. The molecule has 2 nitrogen and oxygen atoms in total. The van der Waals surface area contributed by atoms with Gasteiger partial charge < -0.3 is 17.1 Å². The van der Waals surface area contributed by atoms with Gasteiger partial charge in [-0.3, -0.25) is 0 Å². The van der Waals surface area contributed by atoms with Crippen LogP contribution < -0.4 is 0 Å². The van der Waals surface area contributed by atoms with Gasteiger partial charge in [-0.1, -0.05) is 86.6 Å². The van der Waals surface area contributed by atoms with Crippen LogP contribution in [-0.2, 0) is 21.1 Å². The second-order valence-corrected chi connectivity index (χ2v) is 9.05. The first kappa shape index (κ1) is 21.3. The number of allylic oxidation sites excluding steroid dienone is 6. The largest absolute Gasteiger partial charge is 4.00 e. The molecule has 0 bridgehead atoms. The van der Waals surface area contributed by atoms with E-state index in [9.17, 15) is 0 Å². The monoisotopic (exact) mass is 567 g/mol. The first-order valence-corrected chi connectivity index (χ1v) is 11.4. The summed E-state index contributed by atoms with van der Waals surface area (Å²) >= 11 is 0. The third kappa shape index (κ3) is 4.54. The van der Waals surface area contributed by atoms with Gasteiger partial charge in [-0.05, 0) is 0 Å². The van der Waals surface area contributed by atoms with Gasteiger partial charge >= 0.3 is 21.1 Å². The molecule has 3 heteroatoms. The van der Waals surface area contributed by atoms with Crippen LogP contribution in [0.1, 0.15) is 51.4 Å². The zero-order valence-corrected chi connectivity index (χ0v) is 19.4. The summed E-state index contributed by atoms with van der Waals surface area (Å²) in [6, 6.07) is 0.993. The predicted octanol–water partition coefficient (Wildman–Crippen LogP) is 6.76. The van der Waals surface area contributed by atoms with E-state index in [1.165, 1.54) is 61.7 Å². The predicted molar refractivity (Wildman–Crippen MR) is 118 cm³/mol. The molecule has 0 N–H and O–H groups in total. The fourth-order valence-electron chi connectivity index (χ4n) is 6.02. The molecule has 4 aliphatic carbocycles. The Bertz CT molecular complexity index is 707. The molecule has 1 saturated heterocycles. The molecule has 2 aliphatic heterocycles. The Morgan fingerprint density at radius 2 is 1.90 bits per heavy atom. The van der Waals surface area contributed by atoms with Crippen LogP contribution in [0.3, 0.4) is 0 Å². The Hall–Kier alpha value is -0.982. The van der Waals surface area contributed by atoms with Crippen LogP contribution in [0.4, 0.5) is 0 Å². The van der Waals surface area contributed by atoms with E-state index in [1.54, 1.807) is 0 Å². The van der Waals surface area contributed by atoms with Gasteiger partial charge in [0.05, 0.1) is 0 Å². The van der Waals surface area contributed by atoms with Crippen molar-refractivity contribution in [3.63, 3.8) is 0 Å². The van der Waals surface area contributed by atoms with Gasteiger partial charge in [-0.15, -0.1) is 18.2 Å². The van der Waals surface area contributed by atoms with Crippen LogP contribution in [0.2, 0.25) is 0 Å². The van der Waals surface area contributed by atoms with Crippen LogP contribution in [0.15, 0.2) is 59.4 Å². The molecular formula is C26H32N2Pt. The second kappa shape index (κ2) is 9.88. The standard InChI is InChI=1S/C13H21N.C13H11N.Pt/c2*1-2-6-12-10(4-1)7-8-11-5-3-9-14-13(11)12;/h6,10-13H,1-5,7-9H2;1-3,5-9,13H,4H2;/q2*-2;+4. The Balaban J connectivity index is 0.000000137. The molecule has 5 unspecified atom stereocenters. The van der Waals surface area contributed by atoms with Crippen molar-refractivity contribution >= 4 is 0 Å². The molecule has 2 saturated carbocycles. The van der Waals surface area contributed by atoms with Crippen molar-refractivity contribution in [2.45, 2.75) is 63.5 Å². The van der Waals surface area contributed by atoms with Gasteiger partial charge in [0, 0.05) is 0 Å². The summed E-state index contributed by atoms with van der Waals surface area (Å²) in [5, 5.41) is 9.42. The normalized spacial score (nSPS) is 36.4. The topological polar surface area (TPSA) is 28.2 Å². The molecule has 0 amide bonds. The molecule has 3 fully saturated rings. The third-order valence-electron chi connectivity index (χ3n) is 7.44. The second-order valence-electron chi connectivity index (χ2n) is 9.05. The van der Waals surface area contributed by atoms with E-state index >= 15 is 0 Å². The molecule has 0 aromatic heterocycles. The number of hydrogen-bond acceptors (Lipinski definition) is 0. The van der Waals surface area contributed by atoms with E-state index in [1.807, 2.05) is 12.3 Å². The zero-order chi connectivity index (χ0) is 18.8. The van der Waals surface area contributed by atoms with Crippen molar-refractivity contribution in [3.05, 3.63) is 82.9 Å². The SMILES string of the molecule is C1=C[N-]C2C(=C1)C=CC1=C2[CH-]C=CC1.[CH-]1CCCC2CCC3CCC[N-]C3C12.[Pt+4]. The maximum atomic E-state index is 4.90. The van der Waals surface area contributed by atoms with E-state index in [2.05, 4.69) is 48.5 Å². The summed E-state index contributed by atoms with van der Waals surface area (Å²) in [5.74, 6) is 2.84. The fourth-order valence-corrected chi connectivity index (χ4v) is 6.02. The van der Waals surface area contributed by atoms with Crippen molar-refractivity contribution < 1.29 is 21.1 Å². The quantitative estimate of drug-likeness (QED) is 0.290. The molecule has 6 rings (SSSR count). The van der Waals surface area contributed by atoms with E-state index < -0.39 is 0 Å². The van der Waals surface area contributed by atoms with Crippen molar-refractivity contribution in [1.29, 1.82) is 0 Å². The van der Waals surface area contributed by atoms with Crippen molar-refractivity contribution in [2.75, 3.05) is 6.54 Å². The van der Waals surface area contributed by atoms with E-state index in [-0.39, 0.29) is 27.1 Å². The molecule has 5 atom stereocenters. The van der Waals surface area contributed by atoms with Crippen molar-refractivity contribution in [1.82, 2.24) is 0 Å². The Morgan fingerprint density at radius 3 is 2.86 bits per heavy atom. The third-order valence-corrected chi connectivity index (χ3v) is 7.44. The minimum Gasteiger partial charge on any atom is -0.682 e. The number of hydrogen-bond donors (Lipinski definition) is 0. The number of fused-ring (bicyclic) bond motifs is 5. The van der Waals surface area contributed by atoms with Crippen LogP contribution in [-0.4, -0.2) is 18.6 Å². The summed E-state index contributed by atoms with van der Waals surface area (Å²) < 4.78 is 0. The van der Waals surface area contributed by atoms with Gasteiger partial charge in [0.1, 0.15) is 0 Å². The molecule has 0 spiro atoms. The van der Waals surface area contributed by atoms with Gasteiger partial charge in [0.25, 0.3) is 0 Å². The molecule has 29 heavy (non-hydrogen) atoms. The molecule has 156 valence electrons. The summed E-state index contributed by atoms with van der Waals surface area (Å²) in [6.45, 7) is 1.15. The fraction of sp³-hybridized carbons (Fsp3) is 0.538. The Labute approximate surface area is 191 Å². The summed E-state index contributed by atoms with van der Waals surface area (Å²) in [5.41, 5.74) is 4.08. The average molecular weight is 568 g/mol. The first-order chi connectivity index (χ1) is 13.9. The number of rotatable bonds is 0. The van der Waals surface area contributed by atoms with Crippen LogP contribution in [0.5, 0.6) is 0 Å².